The first-order valence-electron chi connectivity index (χ1n) is 5.85. The van der Waals surface area contributed by atoms with E-state index >= 15 is 0 Å². The zero-order valence-electron chi connectivity index (χ0n) is 10.5. The van der Waals surface area contributed by atoms with Crippen molar-refractivity contribution in [2.45, 2.75) is 13.8 Å². The Balaban J connectivity index is 2.03. The van der Waals surface area contributed by atoms with Crippen LogP contribution in [0.2, 0.25) is 0 Å². The van der Waals surface area contributed by atoms with Gasteiger partial charge in [0, 0.05) is 11.4 Å². The molecule has 0 heterocycles. The smallest absolute Gasteiger partial charge is 0.175 e. The Morgan fingerprint density at radius 2 is 1.72 bits per heavy atom. The lowest BCUT2D eigenvalue weighted by atomic mass is 10.2. The summed E-state index contributed by atoms with van der Waals surface area (Å²) in [6.07, 6.45) is 0. The molecule has 0 saturated heterocycles. The van der Waals surface area contributed by atoms with Crippen molar-refractivity contribution in [3.63, 3.8) is 0 Å². The molecule has 0 amide bonds. The van der Waals surface area contributed by atoms with E-state index < -0.39 is 0 Å². The van der Waals surface area contributed by atoms with E-state index in [1.54, 1.807) is 0 Å². The topological polar surface area (TPSA) is 24.1 Å². The molecule has 2 rings (SSSR count). The van der Waals surface area contributed by atoms with Gasteiger partial charge in [-0.05, 0) is 55.4 Å². The minimum absolute atomic E-state index is 0.606. The van der Waals surface area contributed by atoms with Gasteiger partial charge in [-0.3, -0.25) is 0 Å². The Kier molecular flexibility index (Phi) is 3.95. The summed E-state index contributed by atoms with van der Waals surface area (Å²) in [5.74, 6) is 0. The van der Waals surface area contributed by atoms with Gasteiger partial charge in [-0.2, -0.15) is 0 Å². The van der Waals surface area contributed by atoms with Crippen LogP contribution >= 0.6 is 12.2 Å². The summed E-state index contributed by atoms with van der Waals surface area (Å²) in [5, 5.41) is 6.98. The molecule has 2 nitrogen and oxygen atoms in total. The van der Waals surface area contributed by atoms with Crippen molar-refractivity contribution in [2.24, 2.45) is 0 Å². The first-order chi connectivity index (χ1) is 8.65. The molecule has 3 heteroatoms. The van der Waals surface area contributed by atoms with E-state index in [4.69, 9.17) is 12.2 Å². The molecule has 0 spiro atoms. The summed E-state index contributed by atoms with van der Waals surface area (Å²) in [4.78, 5) is 0. The Morgan fingerprint density at radius 1 is 0.944 bits per heavy atom. The van der Waals surface area contributed by atoms with Gasteiger partial charge in [-0.25, -0.2) is 0 Å². The highest BCUT2D eigenvalue weighted by Crippen LogP contribution is 2.14. The van der Waals surface area contributed by atoms with Gasteiger partial charge in [0.25, 0.3) is 0 Å². The van der Waals surface area contributed by atoms with Gasteiger partial charge in [-0.1, -0.05) is 30.3 Å². The fourth-order valence-corrected chi connectivity index (χ4v) is 1.95. The predicted molar refractivity (Wildman–Crippen MR) is 82.2 cm³/mol. The SMILES string of the molecule is Cc1cccc(NC(=S)Nc2ccccc2C)c1. The Bertz CT molecular complexity index is 564. The zero-order chi connectivity index (χ0) is 13.0. The molecule has 2 aromatic carbocycles. The van der Waals surface area contributed by atoms with Crippen LogP contribution in [0.5, 0.6) is 0 Å². The molecule has 0 radical (unpaired) electrons. The van der Waals surface area contributed by atoms with Gasteiger partial charge in [-0.15, -0.1) is 0 Å². The molecule has 2 N–H and O–H groups in total. The standard InChI is InChI=1S/C15H16N2S/c1-11-6-5-8-13(10-11)16-15(18)17-14-9-4-3-7-12(14)2/h3-10H,1-2H3,(H2,16,17,18). The summed E-state index contributed by atoms with van der Waals surface area (Å²) in [6.45, 7) is 4.11. The maximum atomic E-state index is 5.30. The number of hydrogen-bond donors (Lipinski definition) is 2. The van der Waals surface area contributed by atoms with E-state index in [9.17, 15) is 0 Å². The largest absolute Gasteiger partial charge is 0.332 e. The van der Waals surface area contributed by atoms with E-state index in [-0.39, 0.29) is 0 Å². The highest BCUT2D eigenvalue weighted by Gasteiger charge is 2.00. The lowest BCUT2D eigenvalue weighted by Gasteiger charge is -2.12. The lowest BCUT2D eigenvalue weighted by Crippen LogP contribution is -2.19. The molecule has 0 saturated carbocycles. The summed E-state index contributed by atoms with van der Waals surface area (Å²) < 4.78 is 0. The predicted octanol–water partition coefficient (Wildman–Crippen LogP) is 4.11. The number of para-hydroxylation sites is 1. The fourth-order valence-electron chi connectivity index (χ4n) is 1.72. The molecular formula is C15H16N2S. The van der Waals surface area contributed by atoms with Gasteiger partial charge >= 0.3 is 0 Å². The molecule has 2 aromatic rings. The van der Waals surface area contributed by atoms with Crippen molar-refractivity contribution >= 4 is 28.7 Å². The molecule has 18 heavy (non-hydrogen) atoms. The number of benzene rings is 2. The number of thiocarbonyl (C=S) groups is 1. The highest BCUT2D eigenvalue weighted by molar-refractivity contribution is 7.80. The third kappa shape index (κ3) is 3.31. The van der Waals surface area contributed by atoms with Crippen LogP contribution in [0.15, 0.2) is 48.5 Å². The van der Waals surface area contributed by atoms with Gasteiger partial charge in [0.15, 0.2) is 5.11 Å². The van der Waals surface area contributed by atoms with Gasteiger partial charge in [0.1, 0.15) is 0 Å². The van der Waals surface area contributed by atoms with E-state index in [1.807, 2.05) is 30.3 Å². The summed E-state index contributed by atoms with van der Waals surface area (Å²) in [6, 6.07) is 16.2. The minimum Gasteiger partial charge on any atom is -0.332 e. The maximum Gasteiger partial charge on any atom is 0.175 e. The van der Waals surface area contributed by atoms with Crippen LogP contribution in [0.4, 0.5) is 11.4 Å². The average Bonchev–Trinajstić information content (AvgIpc) is 2.32. The van der Waals surface area contributed by atoms with Crippen molar-refractivity contribution in [3.8, 4) is 0 Å². The molecule has 0 aliphatic heterocycles. The second-order valence-corrected chi connectivity index (χ2v) is 4.67. The van der Waals surface area contributed by atoms with Crippen LogP contribution in [0.1, 0.15) is 11.1 Å². The lowest BCUT2D eigenvalue weighted by molar-refractivity contribution is 1.44. The molecule has 0 unspecified atom stereocenters. The van der Waals surface area contributed by atoms with Crippen LogP contribution in [0.25, 0.3) is 0 Å². The molecule has 0 aromatic heterocycles. The van der Waals surface area contributed by atoms with Crippen molar-refractivity contribution < 1.29 is 0 Å². The molecular weight excluding hydrogens is 240 g/mol. The third-order valence-electron chi connectivity index (χ3n) is 2.67. The first kappa shape index (κ1) is 12.6. The van der Waals surface area contributed by atoms with Crippen molar-refractivity contribution in [1.82, 2.24) is 0 Å². The molecule has 0 bridgehead atoms. The Labute approximate surface area is 113 Å². The van der Waals surface area contributed by atoms with Crippen molar-refractivity contribution in [1.29, 1.82) is 0 Å². The molecule has 0 aliphatic rings. The molecule has 92 valence electrons. The van der Waals surface area contributed by atoms with Gasteiger partial charge < -0.3 is 10.6 Å². The van der Waals surface area contributed by atoms with Gasteiger partial charge in [0.2, 0.25) is 0 Å². The summed E-state index contributed by atoms with van der Waals surface area (Å²) in [5.41, 5.74) is 4.41. The summed E-state index contributed by atoms with van der Waals surface area (Å²) in [7, 11) is 0. The number of hydrogen-bond acceptors (Lipinski definition) is 1. The van der Waals surface area contributed by atoms with E-state index in [1.165, 1.54) is 11.1 Å². The van der Waals surface area contributed by atoms with E-state index in [0.717, 1.165) is 11.4 Å². The quantitative estimate of drug-likeness (QED) is 0.791. The van der Waals surface area contributed by atoms with Crippen LogP contribution in [0, 0.1) is 13.8 Å². The highest BCUT2D eigenvalue weighted by atomic mass is 32.1. The Hall–Kier alpha value is -1.87. The third-order valence-corrected chi connectivity index (χ3v) is 2.87. The molecule has 0 aliphatic carbocycles. The first-order valence-corrected chi connectivity index (χ1v) is 6.26. The second-order valence-electron chi connectivity index (χ2n) is 4.26. The fraction of sp³-hybridized carbons (Fsp3) is 0.133. The van der Waals surface area contributed by atoms with Gasteiger partial charge in [0.05, 0.1) is 0 Å². The van der Waals surface area contributed by atoms with E-state index in [0.29, 0.717) is 5.11 Å². The van der Waals surface area contributed by atoms with Crippen molar-refractivity contribution in [2.75, 3.05) is 10.6 Å². The van der Waals surface area contributed by atoms with Crippen LogP contribution in [-0.2, 0) is 0 Å². The average molecular weight is 256 g/mol. The van der Waals surface area contributed by atoms with Crippen LogP contribution < -0.4 is 10.6 Å². The number of aryl methyl sites for hydroxylation is 2. The number of anilines is 2. The van der Waals surface area contributed by atoms with Crippen LogP contribution in [-0.4, -0.2) is 5.11 Å². The monoisotopic (exact) mass is 256 g/mol. The van der Waals surface area contributed by atoms with Crippen LogP contribution in [0.3, 0.4) is 0 Å². The number of nitrogens with one attached hydrogen (secondary N) is 2. The van der Waals surface area contributed by atoms with E-state index in [2.05, 4.69) is 42.7 Å². The Morgan fingerprint density at radius 3 is 2.44 bits per heavy atom. The normalized spacial score (nSPS) is 9.89. The maximum absolute atomic E-state index is 5.30. The van der Waals surface area contributed by atoms with Crippen molar-refractivity contribution in [3.05, 3.63) is 59.7 Å². The number of rotatable bonds is 2. The minimum atomic E-state index is 0.606. The zero-order valence-corrected chi connectivity index (χ0v) is 11.3. The molecule has 0 fully saturated rings. The summed E-state index contributed by atoms with van der Waals surface area (Å²) >= 11 is 5.30. The second kappa shape index (κ2) is 5.65. The molecule has 0 atom stereocenters.